The molecule has 0 aliphatic rings. The molecule has 0 radical (unpaired) electrons. The van der Waals surface area contributed by atoms with Gasteiger partial charge in [0.1, 0.15) is 0 Å². The van der Waals surface area contributed by atoms with Crippen molar-refractivity contribution in [2.45, 2.75) is 20.3 Å². The number of nitrogens with zero attached hydrogens (tertiary/aromatic N) is 1. The van der Waals surface area contributed by atoms with Crippen molar-refractivity contribution in [2.75, 3.05) is 37.2 Å². The van der Waals surface area contributed by atoms with Crippen molar-refractivity contribution < 1.29 is 0 Å². The summed E-state index contributed by atoms with van der Waals surface area (Å²) in [5.41, 5.74) is 7.35. The van der Waals surface area contributed by atoms with Crippen LogP contribution in [0.3, 0.4) is 0 Å². The summed E-state index contributed by atoms with van der Waals surface area (Å²) >= 11 is 11.9. The van der Waals surface area contributed by atoms with Crippen molar-refractivity contribution in [3.05, 3.63) is 22.2 Å². The second-order valence-corrected chi connectivity index (χ2v) is 5.03. The molecule has 102 valence electrons. The SMILES string of the molecule is CCCN(CC)CCNc1cc(Cl)c(Cl)cc1N. The summed E-state index contributed by atoms with van der Waals surface area (Å²) < 4.78 is 0. The molecule has 3 nitrogen and oxygen atoms in total. The molecule has 3 N–H and O–H groups in total. The molecule has 0 saturated heterocycles. The molecule has 0 bridgehead atoms. The minimum absolute atomic E-state index is 0.487. The molecule has 0 atom stereocenters. The van der Waals surface area contributed by atoms with E-state index in [1.165, 1.54) is 6.42 Å². The Hall–Kier alpha value is -0.640. The van der Waals surface area contributed by atoms with Crippen LogP contribution in [0.2, 0.25) is 10.0 Å². The highest BCUT2D eigenvalue weighted by molar-refractivity contribution is 6.42. The molecule has 0 heterocycles. The van der Waals surface area contributed by atoms with Crippen LogP contribution in [0.25, 0.3) is 0 Å². The van der Waals surface area contributed by atoms with E-state index in [2.05, 4.69) is 24.1 Å². The number of hydrogen-bond donors (Lipinski definition) is 2. The molecule has 0 spiro atoms. The van der Waals surface area contributed by atoms with Gasteiger partial charge in [0.15, 0.2) is 0 Å². The zero-order valence-corrected chi connectivity index (χ0v) is 12.5. The Labute approximate surface area is 119 Å². The zero-order valence-electron chi connectivity index (χ0n) is 11.0. The Morgan fingerprint density at radius 3 is 2.44 bits per heavy atom. The molecule has 0 fully saturated rings. The quantitative estimate of drug-likeness (QED) is 0.752. The molecule has 5 heteroatoms. The standard InChI is InChI=1S/C13H21Cl2N3/c1-3-6-18(4-2)7-5-17-13-9-11(15)10(14)8-12(13)16/h8-9,17H,3-7,16H2,1-2H3. The first-order valence-electron chi connectivity index (χ1n) is 6.29. The molecular formula is C13H21Cl2N3. The van der Waals surface area contributed by atoms with E-state index in [-0.39, 0.29) is 0 Å². The van der Waals surface area contributed by atoms with E-state index >= 15 is 0 Å². The average molecular weight is 290 g/mol. The summed E-state index contributed by atoms with van der Waals surface area (Å²) in [7, 11) is 0. The van der Waals surface area contributed by atoms with Crippen molar-refractivity contribution in [2.24, 2.45) is 0 Å². The highest BCUT2D eigenvalue weighted by Gasteiger charge is 2.05. The fourth-order valence-corrected chi connectivity index (χ4v) is 2.14. The number of rotatable bonds is 7. The van der Waals surface area contributed by atoms with E-state index < -0.39 is 0 Å². The third-order valence-electron chi connectivity index (χ3n) is 2.82. The minimum Gasteiger partial charge on any atom is -0.397 e. The monoisotopic (exact) mass is 289 g/mol. The molecule has 1 aromatic carbocycles. The molecule has 0 aliphatic heterocycles. The number of nitrogens with two attached hydrogens (primary N) is 1. The minimum atomic E-state index is 0.487. The van der Waals surface area contributed by atoms with Crippen LogP contribution in [0.15, 0.2) is 12.1 Å². The molecule has 0 unspecified atom stereocenters. The largest absolute Gasteiger partial charge is 0.397 e. The van der Waals surface area contributed by atoms with Crippen LogP contribution in [0, 0.1) is 0 Å². The van der Waals surface area contributed by atoms with Gasteiger partial charge in [0.2, 0.25) is 0 Å². The maximum Gasteiger partial charge on any atom is 0.0614 e. The maximum absolute atomic E-state index is 5.97. The number of halogens is 2. The summed E-state index contributed by atoms with van der Waals surface area (Å²) in [4.78, 5) is 2.39. The molecule has 1 rings (SSSR count). The molecule has 0 aliphatic carbocycles. The third-order valence-corrected chi connectivity index (χ3v) is 3.55. The van der Waals surface area contributed by atoms with Gasteiger partial charge in [-0.05, 0) is 31.6 Å². The number of nitrogen functional groups attached to an aromatic ring is 1. The Kier molecular flexibility index (Phi) is 6.61. The Morgan fingerprint density at radius 2 is 1.83 bits per heavy atom. The summed E-state index contributed by atoms with van der Waals surface area (Å²) in [5, 5.41) is 4.30. The molecule has 1 aromatic rings. The number of anilines is 2. The number of likely N-dealkylation sites (N-methyl/N-ethyl adjacent to an activating group) is 1. The van der Waals surface area contributed by atoms with Crippen LogP contribution in [0.4, 0.5) is 11.4 Å². The molecule has 18 heavy (non-hydrogen) atoms. The molecule has 0 aromatic heterocycles. The summed E-state index contributed by atoms with van der Waals surface area (Å²) in [6.07, 6.45) is 1.17. The third kappa shape index (κ3) is 4.56. The predicted molar refractivity (Wildman–Crippen MR) is 81.8 cm³/mol. The van der Waals surface area contributed by atoms with E-state index in [4.69, 9.17) is 28.9 Å². The van der Waals surface area contributed by atoms with Crippen LogP contribution in [0.5, 0.6) is 0 Å². The smallest absolute Gasteiger partial charge is 0.0614 e. The van der Waals surface area contributed by atoms with Gasteiger partial charge in [-0.1, -0.05) is 37.0 Å². The Balaban J connectivity index is 2.51. The average Bonchev–Trinajstić information content (AvgIpc) is 2.34. The second kappa shape index (κ2) is 7.72. The maximum atomic E-state index is 5.97. The van der Waals surface area contributed by atoms with Crippen LogP contribution < -0.4 is 11.1 Å². The molecule has 0 saturated carbocycles. The lowest BCUT2D eigenvalue weighted by atomic mass is 10.2. The summed E-state index contributed by atoms with van der Waals surface area (Å²) in [5.74, 6) is 0. The first kappa shape index (κ1) is 15.4. The van der Waals surface area contributed by atoms with Gasteiger partial charge >= 0.3 is 0 Å². The van der Waals surface area contributed by atoms with Gasteiger partial charge in [0.05, 0.1) is 21.4 Å². The lowest BCUT2D eigenvalue weighted by Crippen LogP contribution is -2.29. The normalized spacial score (nSPS) is 10.9. The van der Waals surface area contributed by atoms with Crippen molar-refractivity contribution in [1.82, 2.24) is 4.90 Å². The van der Waals surface area contributed by atoms with E-state index in [1.807, 2.05) is 0 Å². The van der Waals surface area contributed by atoms with Gasteiger partial charge in [-0.25, -0.2) is 0 Å². The molecular weight excluding hydrogens is 269 g/mol. The topological polar surface area (TPSA) is 41.3 Å². The van der Waals surface area contributed by atoms with Crippen LogP contribution in [-0.2, 0) is 0 Å². The van der Waals surface area contributed by atoms with E-state index in [0.717, 1.165) is 31.9 Å². The van der Waals surface area contributed by atoms with Crippen LogP contribution in [-0.4, -0.2) is 31.1 Å². The fraction of sp³-hybridized carbons (Fsp3) is 0.538. The van der Waals surface area contributed by atoms with E-state index in [9.17, 15) is 0 Å². The first-order valence-corrected chi connectivity index (χ1v) is 7.04. The van der Waals surface area contributed by atoms with Crippen LogP contribution >= 0.6 is 23.2 Å². The fourth-order valence-electron chi connectivity index (χ4n) is 1.81. The second-order valence-electron chi connectivity index (χ2n) is 4.21. The lowest BCUT2D eigenvalue weighted by molar-refractivity contribution is 0.300. The highest BCUT2D eigenvalue weighted by Crippen LogP contribution is 2.30. The number of nitrogens with one attached hydrogen (secondary N) is 1. The predicted octanol–water partition coefficient (Wildman–Crippen LogP) is 3.72. The van der Waals surface area contributed by atoms with E-state index in [0.29, 0.717) is 15.7 Å². The summed E-state index contributed by atoms with van der Waals surface area (Å²) in [6, 6.07) is 3.45. The van der Waals surface area contributed by atoms with Crippen molar-refractivity contribution in [3.63, 3.8) is 0 Å². The highest BCUT2D eigenvalue weighted by atomic mass is 35.5. The van der Waals surface area contributed by atoms with Crippen molar-refractivity contribution in [1.29, 1.82) is 0 Å². The number of benzene rings is 1. The van der Waals surface area contributed by atoms with Gasteiger partial charge in [-0.15, -0.1) is 0 Å². The van der Waals surface area contributed by atoms with Gasteiger partial charge in [-0.3, -0.25) is 0 Å². The van der Waals surface area contributed by atoms with Gasteiger partial charge in [0, 0.05) is 13.1 Å². The first-order chi connectivity index (χ1) is 8.58. The van der Waals surface area contributed by atoms with Gasteiger partial charge < -0.3 is 16.0 Å². The van der Waals surface area contributed by atoms with Crippen LogP contribution in [0.1, 0.15) is 20.3 Å². The lowest BCUT2D eigenvalue weighted by Gasteiger charge is -2.20. The molecule has 0 amide bonds. The Bertz CT molecular complexity index is 383. The van der Waals surface area contributed by atoms with Crippen molar-refractivity contribution in [3.8, 4) is 0 Å². The number of hydrogen-bond acceptors (Lipinski definition) is 3. The van der Waals surface area contributed by atoms with Crippen molar-refractivity contribution >= 4 is 34.6 Å². The van der Waals surface area contributed by atoms with Gasteiger partial charge in [0.25, 0.3) is 0 Å². The van der Waals surface area contributed by atoms with E-state index in [1.54, 1.807) is 12.1 Å². The Morgan fingerprint density at radius 1 is 1.17 bits per heavy atom. The van der Waals surface area contributed by atoms with Gasteiger partial charge in [-0.2, -0.15) is 0 Å². The zero-order chi connectivity index (χ0) is 13.5. The summed E-state index contributed by atoms with van der Waals surface area (Å²) in [6.45, 7) is 8.37.